The minimum Gasteiger partial charge on any atom is -0.385 e. The molecule has 0 unspecified atom stereocenters. The Labute approximate surface area is 157 Å². The molecular formula is C20H24F2N2OS. The molecule has 0 saturated heterocycles. The molecule has 0 saturated carbocycles. The molecule has 0 spiro atoms. The number of carbonyl (C=O) groups excluding carboxylic acids is 1. The molecule has 2 N–H and O–H groups in total. The summed E-state index contributed by atoms with van der Waals surface area (Å²) in [6.45, 7) is 5.31. The Morgan fingerprint density at radius 1 is 1.00 bits per heavy atom. The quantitative estimate of drug-likeness (QED) is 0.555. The number of alkyl halides is 2. The Bertz CT molecular complexity index is 688. The summed E-state index contributed by atoms with van der Waals surface area (Å²) in [7, 11) is 0. The first-order valence-corrected chi connectivity index (χ1v) is 9.48. The van der Waals surface area contributed by atoms with Crippen LogP contribution in [0.15, 0.2) is 53.4 Å². The Morgan fingerprint density at radius 2 is 1.62 bits per heavy atom. The molecule has 0 aliphatic heterocycles. The molecule has 140 valence electrons. The summed E-state index contributed by atoms with van der Waals surface area (Å²) in [5, 5.41) is 6.14. The van der Waals surface area contributed by atoms with Gasteiger partial charge in [-0.05, 0) is 54.3 Å². The van der Waals surface area contributed by atoms with Crippen LogP contribution >= 0.6 is 11.8 Å². The number of hydrogen-bond donors (Lipinski definition) is 2. The lowest BCUT2D eigenvalue weighted by atomic mass is 10.1. The van der Waals surface area contributed by atoms with E-state index in [1.54, 1.807) is 24.3 Å². The van der Waals surface area contributed by atoms with Gasteiger partial charge in [0.25, 0.3) is 5.76 Å². The number of nitrogens with one attached hydrogen (secondary N) is 2. The van der Waals surface area contributed by atoms with Gasteiger partial charge in [0.05, 0.1) is 6.42 Å². The molecule has 0 heterocycles. The van der Waals surface area contributed by atoms with E-state index in [1.807, 2.05) is 24.3 Å². The van der Waals surface area contributed by atoms with Crippen LogP contribution in [0.1, 0.15) is 25.8 Å². The van der Waals surface area contributed by atoms with Crippen molar-refractivity contribution in [3.05, 3.63) is 54.1 Å². The van der Waals surface area contributed by atoms with Crippen molar-refractivity contribution in [2.75, 3.05) is 17.2 Å². The molecule has 0 radical (unpaired) electrons. The molecule has 1 amide bonds. The van der Waals surface area contributed by atoms with Crippen molar-refractivity contribution in [2.24, 2.45) is 5.92 Å². The zero-order chi connectivity index (χ0) is 18.9. The van der Waals surface area contributed by atoms with Crippen molar-refractivity contribution < 1.29 is 13.6 Å². The third kappa shape index (κ3) is 7.44. The Kier molecular flexibility index (Phi) is 7.91. The van der Waals surface area contributed by atoms with Crippen LogP contribution < -0.4 is 10.6 Å². The van der Waals surface area contributed by atoms with Gasteiger partial charge in [-0.2, -0.15) is 8.78 Å². The second-order valence-corrected chi connectivity index (χ2v) is 7.50. The van der Waals surface area contributed by atoms with Gasteiger partial charge in [0.15, 0.2) is 0 Å². The van der Waals surface area contributed by atoms with Crippen molar-refractivity contribution >= 4 is 29.0 Å². The van der Waals surface area contributed by atoms with Crippen LogP contribution in [0.5, 0.6) is 0 Å². The van der Waals surface area contributed by atoms with E-state index >= 15 is 0 Å². The van der Waals surface area contributed by atoms with Gasteiger partial charge in [-0.1, -0.05) is 37.7 Å². The monoisotopic (exact) mass is 378 g/mol. The molecule has 0 atom stereocenters. The topological polar surface area (TPSA) is 41.1 Å². The predicted octanol–water partition coefficient (Wildman–Crippen LogP) is 5.64. The lowest BCUT2D eigenvalue weighted by molar-refractivity contribution is -0.115. The highest BCUT2D eigenvalue weighted by molar-refractivity contribution is 7.99. The fourth-order valence-electron chi connectivity index (χ4n) is 2.36. The highest BCUT2D eigenvalue weighted by atomic mass is 32.2. The molecule has 6 heteroatoms. The minimum atomic E-state index is -2.45. The smallest absolute Gasteiger partial charge is 0.288 e. The van der Waals surface area contributed by atoms with Crippen LogP contribution in [0.4, 0.5) is 20.2 Å². The predicted molar refractivity (Wildman–Crippen MR) is 105 cm³/mol. The molecule has 2 rings (SSSR count). The molecule has 0 fully saturated rings. The van der Waals surface area contributed by atoms with Crippen LogP contribution in [-0.4, -0.2) is 18.2 Å². The summed E-state index contributed by atoms with van der Waals surface area (Å²) in [6, 6.07) is 14.2. The van der Waals surface area contributed by atoms with Gasteiger partial charge >= 0.3 is 0 Å². The number of hydrogen-bond acceptors (Lipinski definition) is 3. The van der Waals surface area contributed by atoms with E-state index in [2.05, 4.69) is 24.5 Å². The second-order valence-electron chi connectivity index (χ2n) is 6.43. The van der Waals surface area contributed by atoms with Gasteiger partial charge in [-0.3, -0.25) is 4.79 Å². The third-order valence-electron chi connectivity index (χ3n) is 3.73. The first kappa shape index (κ1) is 20.2. The number of carbonyl (C=O) groups is 1. The van der Waals surface area contributed by atoms with E-state index in [9.17, 15) is 13.6 Å². The molecule has 2 aromatic carbocycles. The van der Waals surface area contributed by atoms with Crippen LogP contribution in [0.25, 0.3) is 0 Å². The highest BCUT2D eigenvalue weighted by Gasteiger charge is 2.07. The van der Waals surface area contributed by atoms with Gasteiger partial charge in [0.1, 0.15) is 0 Å². The average molecular weight is 378 g/mol. The standard InChI is InChI=1S/C20H24F2N2OS/c1-14(2)11-12-23-16-5-3-15(4-6-16)13-19(25)24-17-7-9-18(10-8-17)26-20(21)22/h3-10,14,20,23H,11-13H2,1-2H3,(H,24,25). The number of thioether (sulfide) groups is 1. The van der Waals surface area contributed by atoms with Crippen LogP contribution in [-0.2, 0) is 11.2 Å². The maximum Gasteiger partial charge on any atom is 0.288 e. The van der Waals surface area contributed by atoms with E-state index < -0.39 is 5.76 Å². The van der Waals surface area contributed by atoms with E-state index in [-0.39, 0.29) is 12.3 Å². The van der Waals surface area contributed by atoms with Gasteiger partial charge in [-0.15, -0.1) is 0 Å². The van der Waals surface area contributed by atoms with E-state index in [4.69, 9.17) is 0 Å². The van der Waals surface area contributed by atoms with E-state index in [0.717, 1.165) is 24.2 Å². The Hall–Kier alpha value is -2.08. The van der Waals surface area contributed by atoms with Crippen LogP contribution in [0.3, 0.4) is 0 Å². The zero-order valence-electron chi connectivity index (χ0n) is 15.0. The summed E-state index contributed by atoms with van der Waals surface area (Å²) in [4.78, 5) is 12.6. The first-order valence-electron chi connectivity index (χ1n) is 8.60. The summed E-state index contributed by atoms with van der Waals surface area (Å²) in [6.07, 6.45) is 1.37. The Balaban J connectivity index is 1.81. The summed E-state index contributed by atoms with van der Waals surface area (Å²) in [5.74, 6) is -1.92. The Morgan fingerprint density at radius 3 is 2.19 bits per heavy atom. The van der Waals surface area contributed by atoms with Gasteiger partial charge in [0.2, 0.25) is 5.91 Å². The number of anilines is 2. The fourth-order valence-corrected chi connectivity index (χ4v) is 2.85. The number of amides is 1. The third-order valence-corrected chi connectivity index (χ3v) is 4.46. The van der Waals surface area contributed by atoms with Crippen molar-refractivity contribution in [3.63, 3.8) is 0 Å². The van der Waals surface area contributed by atoms with Crippen molar-refractivity contribution in [3.8, 4) is 0 Å². The number of halogens is 2. The second kappa shape index (κ2) is 10.2. The molecule has 0 bridgehead atoms. The highest BCUT2D eigenvalue weighted by Crippen LogP contribution is 2.26. The number of rotatable bonds is 9. The van der Waals surface area contributed by atoms with Gasteiger partial charge in [0, 0.05) is 22.8 Å². The lowest BCUT2D eigenvalue weighted by Crippen LogP contribution is -2.14. The molecule has 3 nitrogen and oxygen atoms in total. The largest absolute Gasteiger partial charge is 0.385 e. The van der Waals surface area contributed by atoms with Crippen molar-refractivity contribution in [1.82, 2.24) is 0 Å². The first-order chi connectivity index (χ1) is 12.4. The van der Waals surface area contributed by atoms with Crippen LogP contribution in [0, 0.1) is 5.92 Å². The molecule has 0 aliphatic carbocycles. The maximum absolute atomic E-state index is 12.3. The van der Waals surface area contributed by atoms with Gasteiger partial charge < -0.3 is 10.6 Å². The maximum atomic E-state index is 12.3. The van der Waals surface area contributed by atoms with Crippen molar-refractivity contribution in [2.45, 2.75) is 37.3 Å². The minimum absolute atomic E-state index is 0.139. The van der Waals surface area contributed by atoms with E-state index in [0.29, 0.717) is 28.3 Å². The molecule has 0 aromatic heterocycles. The normalized spacial score (nSPS) is 11.0. The van der Waals surface area contributed by atoms with Crippen LogP contribution in [0.2, 0.25) is 0 Å². The lowest BCUT2D eigenvalue weighted by Gasteiger charge is -2.09. The zero-order valence-corrected chi connectivity index (χ0v) is 15.8. The molecule has 0 aliphatic rings. The summed E-state index contributed by atoms with van der Waals surface area (Å²) in [5.41, 5.74) is 2.56. The number of benzene rings is 2. The van der Waals surface area contributed by atoms with Gasteiger partial charge in [-0.25, -0.2) is 0 Å². The fraction of sp³-hybridized carbons (Fsp3) is 0.350. The average Bonchev–Trinajstić information content (AvgIpc) is 2.57. The molecular weight excluding hydrogens is 354 g/mol. The van der Waals surface area contributed by atoms with E-state index in [1.165, 1.54) is 0 Å². The van der Waals surface area contributed by atoms with Crippen molar-refractivity contribution in [1.29, 1.82) is 0 Å². The SMILES string of the molecule is CC(C)CCNc1ccc(CC(=O)Nc2ccc(SC(F)F)cc2)cc1. The summed E-state index contributed by atoms with van der Waals surface area (Å²) < 4.78 is 24.6. The summed E-state index contributed by atoms with van der Waals surface area (Å²) >= 11 is 0.485. The molecule has 26 heavy (non-hydrogen) atoms. The molecule has 2 aromatic rings.